The van der Waals surface area contributed by atoms with Crippen LogP contribution in [-0.4, -0.2) is 25.4 Å². The minimum atomic E-state index is -0.0837. The molecule has 0 saturated carbocycles. The molecule has 1 heterocycles. The number of hydrogen-bond donors (Lipinski definition) is 1. The lowest BCUT2D eigenvalue weighted by Gasteiger charge is -2.29. The fraction of sp³-hybridized carbons (Fsp3) is 0.294. The molecule has 0 amide bonds. The smallest absolute Gasteiger partial charge is 0.137 e. The largest absolute Gasteiger partial charge is 0.486 e. The zero-order valence-electron chi connectivity index (χ0n) is 11.8. The summed E-state index contributed by atoms with van der Waals surface area (Å²) in [6, 6.07) is 17.3. The van der Waals surface area contributed by atoms with E-state index in [1.807, 2.05) is 54.6 Å². The van der Waals surface area contributed by atoms with Crippen molar-refractivity contribution in [1.82, 2.24) is 0 Å². The molecule has 0 aromatic heterocycles. The van der Waals surface area contributed by atoms with Crippen LogP contribution in [0.25, 0.3) is 0 Å². The van der Waals surface area contributed by atoms with Gasteiger partial charge in [0.05, 0.1) is 6.61 Å². The zero-order chi connectivity index (χ0) is 14.5. The van der Waals surface area contributed by atoms with Gasteiger partial charge in [0.25, 0.3) is 0 Å². The second-order valence-corrected chi connectivity index (χ2v) is 5.07. The van der Waals surface area contributed by atoms with Crippen molar-refractivity contribution in [2.45, 2.75) is 18.6 Å². The van der Waals surface area contributed by atoms with Crippen LogP contribution in [0.5, 0.6) is 17.2 Å². The van der Waals surface area contributed by atoms with Gasteiger partial charge in [-0.2, -0.15) is 0 Å². The standard InChI is InChI=1S/C17H19NO3/c18-16-10-11-19-12-17(16)21-15-8-6-14(7-9-15)20-13-4-2-1-3-5-13/h1-9,16-17H,10-12,18H2. The minimum absolute atomic E-state index is 0.0268. The number of hydrogen-bond acceptors (Lipinski definition) is 4. The number of para-hydroxylation sites is 1. The Kier molecular flexibility index (Phi) is 4.38. The van der Waals surface area contributed by atoms with Crippen LogP contribution in [0.3, 0.4) is 0 Å². The molecule has 1 saturated heterocycles. The predicted octanol–water partition coefficient (Wildman–Crippen LogP) is 2.97. The Hall–Kier alpha value is -2.04. The first-order valence-corrected chi connectivity index (χ1v) is 7.14. The van der Waals surface area contributed by atoms with E-state index in [1.54, 1.807) is 0 Å². The first-order valence-electron chi connectivity index (χ1n) is 7.14. The van der Waals surface area contributed by atoms with E-state index in [0.717, 1.165) is 23.7 Å². The number of ether oxygens (including phenoxy) is 3. The van der Waals surface area contributed by atoms with E-state index in [2.05, 4.69) is 0 Å². The molecule has 0 aliphatic carbocycles. The monoisotopic (exact) mass is 285 g/mol. The molecule has 1 fully saturated rings. The molecule has 0 radical (unpaired) electrons. The molecule has 2 N–H and O–H groups in total. The Labute approximate surface area is 124 Å². The van der Waals surface area contributed by atoms with Gasteiger partial charge in [-0.15, -0.1) is 0 Å². The van der Waals surface area contributed by atoms with Crippen LogP contribution in [-0.2, 0) is 4.74 Å². The molecule has 0 spiro atoms. The molecule has 110 valence electrons. The molecular weight excluding hydrogens is 266 g/mol. The molecule has 1 aliphatic rings. The fourth-order valence-electron chi connectivity index (χ4n) is 2.24. The zero-order valence-corrected chi connectivity index (χ0v) is 11.8. The summed E-state index contributed by atoms with van der Waals surface area (Å²) in [7, 11) is 0. The average Bonchev–Trinajstić information content (AvgIpc) is 2.52. The second kappa shape index (κ2) is 6.61. The van der Waals surface area contributed by atoms with E-state index in [0.29, 0.717) is 13.2 Å². The van der Waals surface area contributed by atoms with Crippen LogP contribution in [0.2, 0.25) is 0 Å². The summed E-state index contributed by atoms with van der Waals surface area (Å²) in [6.07, 6.45) is 0.750. The molecule has 2 aromatic rings. The van der Waals surface area contributed by atoms with Crippen molar-refractivity contribution in [2.24, 2.45) is 5.73 Å². The van der Waals surface area contributed by atoms with Crippen molar-refractivity contribution in [3.63, 3.8) is 0 Å². The topological polar surface area (TPSA) is 53.7 Å². The molecule has 1 aliphatic heterocycles. The summed E-state index contributed by atoms with van der Waals surface area (Å²) in [5.74, 6) is 2.37. The van der Waals surface area contributed by atoms with Gasteiger partial charge in [0.15, 0.2) is 0 Å². The fourth-order valence-corrected chi connectivity index (χ4v) is 2.24. The van der Waals surface area contributed by atoms with E-state index in [1.165, 1.54) is 0 Å². The third-order valence-corrected chi connectivity index (χ3v) is 3.45. The Morgan fingerprint density at radius 2 is 1.57 bits per heavy atom. The van der Waals surface area contributed by atoms with Gasteiger partial charge in [-0.25, -0.2) is 0 Å². The highest BCUT2D eigenvalue weighted by atomic mass is 16.5. The maximum atomic E-state index is 6.03. The molecule has 4 heteroatoms. The van der Waals surface area contributed by atoms with Crippen LogP contribution in [0, 0.1) is 0 Å². The maximum Gasteiger partial charge on any atom is 0.137 e. The van der Waals surface area contributed by atoms with Crippen LogP contribution in [0.15, 0.2) is 54.6 Å². The Balaban J connectivity index is 1.61. The van der Waals surface area contributed by atoms with Crippen molar-refractivity contribution in [3.8, 4) is 17.2 Å². The average molecular weight is 285 g/mol. The second-order valence-electron chi connectivity index (χ2n) is 5.07. The van der Waals surface area contributed by atoms with Gasteiger partial charge in [0, 0.05) is 12.6 Å². The van der Waals surface area contributed by atoms with Crippen molar-refractivity contribution >= 4 is 0 Å². The summed E-state index contributed by atoms with van der Waals surface area (Å²) >= 11 is 0. The van der Waals surface area contributed by atoms with E-state index < -0.39 is 0 Å². The van der Waals surface area contributed by atoms with Gasteiger partial charge in [-0.05, 0) is 42.8 Å². The van der Waals surface area contributed by atoms with Crippen LogP contribution in [0.4, 0.5) is 0 Å². The summed E-state index contributed by atoms with van der Waals surface area (Å²) in [4.78, 5) is 0. The Bertz CT molecular complexity index is 556. The van der Waals surface area contributed by atoms with Gasteiger partial charge in [-0.1, -0.05) is 18.2 Å². The Morgan fingerprint density at radius 3 is 2.29 bits per heavy atom. The van der Waals surface area contributed by atoms with Crippen molar-refractivity contribution in [3.05, 3.63) is 54.6 Å². The number of rotatable bonds is 4. The van der Waals surface area contributed by atoms with Crippen molar-refractivity contribution in [1.29, 1.82) is 0 Å². The normalized spacial score (nSPS) is 21.8. The highest BCUT2D eigenvalue weighted by Gasteiger charge is 2.24. The van der Waals surface area contributed by atoms with Crippen LogP contribution in [0.1, 0.15) is 6.42 Å². The highest BCUT2D eigenvalue weighted by molar-refractivity contribution is 5.35. The van der Waals surface area contributed by atoms with Crippen LogP contribution >= 0.6 is 0 Å². The molecule has 3 rings (SSSR count). The summed E-state index contributed by atoms with van der Waals surface area (Å²) < 4.78 is 17.0. The first kappa shape index (κ1) is 13.9. The molecule has 2 atom stereocenters. The molecule has 4 nitrogen and oxygen atoms in total. The van der Waals surface area contributed by atoms with E-state index in [9.17, 15) is 0 Å². The predicted molar refractivity (Wildman–Crippen MR) is 80.8 cm³/mol. The van der Waals surface area contributed by atoms with E-state index >= 15 is 0 Å². The molecular formula is C17H19NO3. The van der Waals surface area contributed by atoms with Crippen molar-refractivity contribution in [2.75, 3.05) is 13.2 Å². The van der Waals surface area contributed by atoms with Crippen LogP contribution < -0.4 is 15.2 Å². The van der Waals surface area contributed by atoms with Gasteiger partial charge in [0.1, 0.15) is 23.4 Å². The van der Waals surface area contributed by atoms with E-state index in [4.69, 9.17) is 19.9 Å². The van der Waals surface area contributed by atoms with E-state index in [-0.39, 0.29) is 12.1 Å². The highest BCUT2D eigenvalue weighted by Crippen LogP contribution is 2.24. The molecule has 21 heavy (non-hydrogen) atoms. The first-order chi connectivity index (χ1) is 10.3. The lowest BCUT2D eigenvalue weighted by atomic mass is 10.1. The quantitative estimate of drug-likeness (QED) is 0.938. The lowest BCUT2D eigenvalue weighted by Crippen LogP contribution is -2.46. The number of benzene rings is 2. The summed E-state index contributed by atoms with van der Waals surface area (Å²) in [5, 5.41) is 0. The molecule has 2 unspecified atom stereocenters. The van der Waals surface area contributed by atoms with Gasteiger partial charge < -0.3 is 19.9 Å². The summed E-state index contributed by atoms with van der Waals surface area (Å²) in [6.45, 7) is 1.26. The molecule has 0 bridgehead atoms. The maximum absolute atomic E-state index is 6.03. The third kappa shape index (κ3) is 3.74. The minimum Gasteiger partial charge on any atom is -0.486 e. The van der Waals surface area contributed by atoms with Crippen molar-refractivity contribution < 1.29 is 14.2 Å². The lowest BCUT2D eigenvalue weighted by molar-refractivity contribution is -0.00532. The Morgan fingerprint density at radius 1 is 0.905 bits per heavy atom. The van der Waals surface area contributed by atoms with Gasteiger partial charge in [-0.3, -0.25) is 0 Å². The summed E-state index contributed by atoms with van der Waals surface area (Å²) in [5.41, 5.74) is 6.03. The van der Waals surface area contributed by atoms with Gasteiger partial charge >= 0.3 is 0 Å². The SMILES string of the molecule is NC1CCOCC1Oc1ccc(Oc2ccccc2)cc1. The third-order valence-electron chi connectivity index (χ3n) is 3.45. The molecule has 2 aromatic carbocycles. The van der Waals surface area contributed by atoms with Gasteiger partial charge in [0.2, 0.25) is 0 Å². The number of nitrogens with two attached hydrogens (primary N) is 1.